The van der Waals surface area contributed by atoms with Crippen molar-refractivity contribution in [3.8, 4) is 0 Å². The van der Waals surface area contributed by atoms with E-state index < -0.39 is 0 Å². The fraction of sp³-hybridized carbons (Fsp3) is 0.966. The van der Waals surface area contributed by atoms with Crippen LogP contribution in [-0.4, -0.2) is 12.8 Å². The second-order valence-corrected chi connectivity index (χ2v) is 11.1. The van der Waals surface area contributed by atoms with Crippen LogP contribution in [0.5, 0.6) is 0 Å². The minimum absolute atomic E-state index is 0.139. The highest BCUT2D eigenvalue weighted by atomic mass is 16.1. The second-order valence-electron chi connectivity index (χ2n) is 11.1. The molecule has 4 saturated carbocycles. The van der Waals surface area contributed by atoms with E-state index in [4.69, 9.17) is 4.79 Å². The van der Waals surface area contributed by atoms with Crippen LogP contribution in [0.2, 0.25) is 0 Å². The molecule has 4 rings (SSSR count). The maximum atomic E-state index is 9.05. The van der Waals surface area contributed by atoms with E-state index in [1.165, 1.54) is 38.5 Å². The van der Waals surface area contributed by atoms with Gasteiger partial charge in [0.05, 0.1) is 0 Å². The summed E-state index contributed by atoms with van der Waals surface area (Å²) in [7, 11) is 0. The third kappa shape index (κ3) is 6.81. The predicted octanol–water partition coefficient (Wildman–Crippen LogP) is 8.42. The Kier molecular flexibility index (Phi) is 13.0. The van der Waals surface area contributed by atoms with Crippen molar-refractivity contribution < 1.29 is 4.79 Å². The summed E-state index contributed by atoms with van der Waals surface area (Å²) in [5.74, 6) is 5.27. The molecule has 0 spiro atoms. The number of carbonyl (C=O) groups is 1. The Balaban J connectivity index is 0.000000532. The van der Waals surface area contributed by atoms with Gasteiger partial charge in [-0.3, -0.25) is 0 Å². The SMILES string of the molecule is CC.CC.CC1CCCC2(C)C(CCC3C4CCCCCC4(C)CCC32)C1.NCC=O. The summed E-state index contributed by atoms with van der Waals surface area (Å²) in [6, 6.07) is 0. The van der Waals surface area contributed by atoms with E-state index in [1.807, 2.05) is 27.7 Å². The Hall–Kier alpha value is -0.370. The highest BCUT2D eigenvalue weighted by molar-refractivity contribution is 5.51. The van der Waals surface area contributed by atoms with Gasteiger partial charge in [0.25, 0.3) is 0 Å². The van der Waals surface area contributed by atoms with Gasteiger partial charge in [-0.25, -0.2) is 0 Å². The molecule has 31 heavy (non-hydrogen) atoms. The van der Waals surface area contributed by atoms with Crippen LogP contribution in [-0.2, 0) is 4.79 Å². The van der Waals surface area contributed by atoms with Crippen molar-refractivity contribution in [3.05, 3.63) is 0 Å². The first-order chi connectivity index (χ1) is 14.9. The van der Waals surface area contributed by atoms with Gasteiger partial charge in [-0.15, -0.1) is 0 Å². The standard InChI is InChI=1S/C23H40.C2H5NO.2C2H6/c1-17-8-7-14-23(3)18(16-17)10-11-19-20-9-5-4-6-13-22(20,2)15-12-21(19)23;3-1-2-4;2*1-2/h17-21H,4-16H2,1-3H3;2H,1,3H2;2*1-2H3. The molecule has 2 heteroatoms. The molecule has 4 aliphatic rings. The zero-order chi connectivity index (χ0) is 23.5. The van der Waals surface area contributed by atoms with Crippen LogP contribution in [0.1, 0.15) is 132 Å². The number of carbonyl (C=O) groups excluding carboxylic acids is 1. The van der Waals surface area contributed by atoms with Gasteiger partial charge in [0, 0.05) is 6.54 Å². The normalized spacial score (nSPS) is 41.4. The molecule has 184 valence electrons. The van der Waals surface area contributed by atoms with Gasteiger partial charge >= 0.3 is 0 Å². The number of fused-ring (bicyclic) bond motifs is 5. The van der Waals surface area contributed by atoms with Gasteiger partial charge in [-0.05, 0) is 91.8 Å². The third-order valence-corrected chi connectivity index (χ3v) is 9.54. The topological polar surface area (TPSA) is 43.1 Å². The molecule has 7 atom stereocenters. The number of nitrogens with two attached hydrogens (primary N) is 1. The minimum Gasteiger partial charge on any atom is -0.324 e. The quantitative estimate of drug-likeness (QED) is 0.420. The summed E-state index contributed by atoms with van der Waals surface area (Å²) < 4.78 is 0. The molecular formula is C29H57NO. The Morgan fingerprint density at radius 3 is 2.13 bits per heavy atom. The van der Waals surface area contributed by atoms with Crippen LogP contribution >= 0.6 is 0 Å². The third-order valence-electron chi connectivity index (χ3n) is 9.54. The Morgan fingerprint density at radius 1 is 0.806 bits per heavy atom. The lowest BCUT2D eigenvalue weighted by molar-refractivity contribution is -0.106. The molecule has 0 aliphatic heterocycles. The van der Waals surface area contributed by atoms with E-state index in [9.17, 15) is 0 Å². The fourth-order valence-corrected chi connectivity index (χ4v) is 8.08. The fourth-order valence-electron chi connectivity index (χ4n) is 8.08. The Bertz CT molecular complexity index is 491. The van der Waals surface area contributed by atoms with Crippen molar-refractivity contribution in [1.82, 2.24) is 0 Å². The number of rotatable bonds is 1. The lowest BCUT2D eigenvalue weighted by Crippen LogP contribution is -2.51. The van der Waals surface area contributed by atoms with E-state index in [2.05, 4.69) is 26.5 Å². The van der Waals surface area contributed by atoms with Gasteiger partial charge < -0.3 is 10.5 Å². The zero-order valence-electron chi connectivity index (χ0n) is 22.3. The van der Waals surface area contributed by atoms with Crippen molar-refractivity contribution in [2.75, 3.05) is 6.54 Å². The molecule has 4 fully saturated rings. The van der Waals surface area contributed by atoms with Crippen molar-refractivity contribution in [2.45, 2.75) is 132 Å². The van der Waals surface area contributed by atoms with Gasteiger partial charge in [-0.2, -0.15) is 0 Å². The smallest absolute Gasteiger partial charge is 0.133 e. The summed E-state index contributed by atoms with van der Waals surface area (Å²) in [5, 5.41) is 0. The molecule has 2 N–H and O–H groups in total. The molecule has 4 aliphatic carbocycles. The molecule has 0 radical (unpaired) electrons. The summed E-state index contributed by atoms with van der Waals surface area (Å²) in [6.07, 6.45) is 20.7. The van der Waals surface area contributed by atoms with Gasteiger partial charge in [0.2, 0.25) is 0 Å². The van der Waals surface area contributed by atoms with Crippen molar-refractivity contribution in [3.63, 3.8) is 0 Å². The van der Waals surface area contributed by atoms with Crippen LogP contribution in [0.4, 0.5) is 0 Å². The van der Waals surface area contributed by atoms with E-state index in [0.29, 0.717) is 17.1 Å². The first-order valence-electron chi connectivity index (χ1n) is 14.1. The monoisotopic (exact) mass is 435 g/mol. The van der Waals surface area contributed by atoms with E-state index in [0.717, 1.165) is 29.6 Å². The largest absolute Gasteiger partial charge is 0.324 e. The summed E-state index contributed by atoms with van der Waals surface area (Å²) in [6.45, 7) is 16.1. The molecule has 0 aromatic carbocycles. The van der Waals surface area contributed by atoms with E-state index >= 15 is 0 Å². The van der Waals surface area contributed by atoms with E-state index in [1.54, 1.807) is 44.9 Å². The predicted molar refractivity (Wildman–Crippen MR) is 137 cm³/mol. The molecular weight excluding hydrogens is 378 g/mol. The molecule has 0 aromatic heterocycles. The molecule has 0 heterocycles. The zero-order valence-corrected chi connectivity index (χ0v) is 22.3. The van der Waals surface area contributed by atoms with Gasteiger partial charge in [-0.1, -0.05) is 80.6 Å². The first-order valence-corrected chi connectivity index (χ1v) is 14.1. The maximum absolute atomic E-state index is 9.05. The maximum Gasteiger partial charge on any atom is 0.133 e. The van der Waals surface area contributed by atoms with Gasteiger partial charge in [0.1, 0.15) is 6.29 Å². The lowest BCUT2D eigenvalue weighted by Gasteiger charge is -2.59. The highest BCUT2D eigenvalue weighted by Gasteiger charge is 2.55. The molecule has 2 nitrogen and oxygen atoms in total. The van der Waals surface area contributed by atoms with Gasteiger partial charge in [0.15, 0.2) is 0 Å². The summed E-state index contributed by atoms with van der Waals surface area (Å²) in [5.41, 5.74) is 6.06. The van der Waals surface area contributed by atoms with Crippen LogP contribution in [0.15, 0.2) is 0 Å². The van der Waals surface area contributed by atoms with E-state index in [-0.39, 0.29) is 6.54 Å². The molecule has 0 aromatic rings. The van der Waals surface area contributed by atoms with Crippen molar-refractivity contribution >= 4 is 6.29 Å². The highest BCUT2D eigenvalue weighted by Crippen LogP contribution is 2.64. The lowest BCUT2D eigenvalue weighted by atomic mass is 9.45. The number of aldehydes is 1. The number of hydrogen-bond donors (Lipinski definition) is 1. The summed E-state index contributed by atoms with van der Waals surface area (Å²) in [4.78, 5) is 9.05. The average Bonchev–Trinajstić information content (AvgIpc) is 3.09. The van der Waals surface area contributed by atoms with Crippen LogP contribution in [0.3, 0.4) is 0 Å². The average molecular weight is 436 g/mol. The number of hydrogen-bond acceptors (Lipinski definition) is 2. The van der Waals surface area contributed by atoms with Crippen molar-refractivity contribution in [1.29, 1.82) is 0 Å². The Morgan fingerprint density at radius 2 is 1.48 bits per heavy atom. The molecule has 7 unspecified atom stereocenters. The first kappa shape index (κ1) is 28.7. The minimum atomic E-state index is 0.139. The van der Waals surface area contributed by atoms with Crippen molar-refractivity contribution in [2.24, 2.45) is 46.2 Å². The molecule has 0 amide bonds. The van der Waals surface area contributed by atoms with Crippen LogP contribution in [0.25, 0.3) is 0 Å². The Labute approximate surface area is 195 Å². The summed E-state index contributed by atoms with van der Waals surface area (Å²) >= 11 is 0. The molecule has 0 saturated heterocycles. The van der Waals surface area contributed by atoms with Crippen LogP contribution in [0, 0.1) is 40.4 Å². The molecule has 0 bridgehead atoms. The van der Waals surface area contributed by atoms with Crippen LogP contribution < -0.4 is 5.73 Å². The second kappa shape index (κ2) is 14.0.